The molecule has 2 aliphatic rings. The minimum atomic E-state index is -3.65. The molecule has 0 radical (unpaired) electrons. The number of aryl methyl sites for hydroxylation is 1. The third-order valence-corrected chi connectivity index (χ3v) is 9.42. The summed E-state index contributed by atoms with van der Waals surface area (Å²) in [5, 5.41) is 1.35. The van der Waals surface area contributed by atoms with Crippen LogP contribution in [0.15, 0.2) is 41.6 Å². The van der Waals surface area contributed by atoms with E-state index in [1.807, 2.05) is 18.0 Å². The third kappa shape index (κ3) is 4.65. The molecule has 0 aliphatic carbocycles. The Kier molecular flexibility index (Phi) is 6.84. The van der Waals surface area contributed by atoms with E-state index in [2.05, 4.69) is 20.9 Å². The number of nitrogens with one attached hydrogen (secondary N) is 1. The third-order valence-electron chi connectivity index (χ3n) is 7.21. The van der Waals surface area contributed by atoms with Crippen LogP contribution in [0.25, 0.3) is 10.9 Å². The van der Waals surface area contributed by atoms with E-state index < -0.39 is 10.0 Å². The van der Waals surface area contributed by atoms with Gasteiger partial charge in [0.05, 0.1) is 28.9 Å². The van der Waals surface area contributed by atoms with Gasteiger partial charge in [0.15, 0.2) is 0 Å². The summed E-state index contributed by atoms with van der Waals surface area (Å²) < 4.78 is 33.1. The molecule has 5 rings (SSSR count). The van der Waals surface area contributed by atoms with Crippen LogP contribution in [0.1, 0.15) is 18.4 Å². The second kappa shape index (κ2) is 9.91. The molecule has 2 fully saturated rings. The van der Waals surface area contributed by atoms with Crippen LogP contribution < -0.4 is 9.64 Å². The molecule has 1 amide bonds. The number of ether oxygens (including phenoxy) is 1. The maximum absolute atomic E-state index is 13.2. The Morgan fingerprint density at radius 3 is 2.50 bits per heavy atom. The lowest BCUT2D eigenvalue weighted by molar-refractivity contribution is -0.137. The topological polar surface area (TPSA) is 98.8 Å². The number of carbonyl (C=O) groups excluding carboxylic acids is 1. The summed E-state index contributed by atoms with van der Waals surface area (Å²) in [6, 6.07) is 6.98. The van der Waals surface area contributed by atoms with Crippen molar-refractivity contribution in [3.8, 4) is 5.88 Å². The summed E-state index contributed by atoms with van der Waals surface area (Å²) in [5.74, 6) is 0.703. The summed E-state index contributed by atoms with van der Waals surface area (Å²) in [6.07, 6.45) is 4.99. The van der Waals surface area contributed by atoms with Crippen molar-refractivity contribution in [2.75, 3.05) is 51.3 Å². The number of piperazine rings is 1. The summed E-state index contributed by atoms with van der Waals surface area (Å²) >= 11 is 6.12. The summed E-state index contributed by atoms with van der Waals surface area (Å²) in [6.45, 7) is 4.90. The highest BCUT2D eigenvalue weighted by Gasteiger charge is 2.34. The number of anilines is 1. The van der Waals surface area contributed by atoms with Gasteiger partial charge in [0.2, 0.25) is 21.8 Å². The molecule has 11 heteroatoms. The van der Waals surface area contributed by atoms with Crippen molar-refractivity contribution in [3.05, 3.63) is 47.2 Å². The molecule has 0 spiro atoms. The smallest absolute Gasteiger partial charge is 0.243 e. The first-order chi connectivity index (χ1) is 17.3. The SMILES string of the molecule is COc1ncc(N2CCC(C(=O)N3CCN(S(=O)(=O)c4ccc5c(Cl)c[nH]c5c4)CC3)CC2)cc1C. The van der Waals surface area contributed by atoms with Gasteiger partial charge < -0.3 is 19.5 Å². The number of nitrogens with zero attached hydrogens (tertiary/aromatic N) is 4. The predicted octanol–water partition coefficient (Wildman–Crippen LogP) is 3.28. The number of H-pyrrole nitrogens is 1. The molecule has 0 unspecified atom stereocenters. The highest BCUT2D eigenvalue weighted by atomic mass is 35.5. The van der Waals surface area contributed by atoms with Crippen LogP contribution in [-0.2, 0) is 14.8 Å². The molecule has 0 saturated carbocycles. The first-order valence-electron chi connectivity index (χ1n) is 12.1. The Hall–Kier alpha value is -2.82. The van der Waals surface area contributed by atoms with Crippen molar-refractivity contribution < 1.29 is 17.9 Å². The molecular formula is C25H30ClN5O4S. The number of rotatable bonds is 5. The molecule has 9 nitrogen and oxygen atoms in total. The maximum atomic E-state index is 13.2. The number of hydrogen-bond acceptors (Lipinski definition) is 6. The minimum absolute atomic E-state index is 0.0447. The molecular weight excluding hydrogens is 502 g/mol. The fourth-order valence-corrected chi connectivity index (χ4v) is 6.77. The lowest BCUT2D eigenvalue weighted by Crippen LogP contribution is -2.52. The van der Waals surface area contributed by atoms with E-state index in [-0.39, 0.29) is 29.8 Å². The molecule has 0 bridgehead atoms. The Labute approximate surface area is 216 Å². The number of amides is 1. The van der Waals surface area contributed by atoms with E-state index in [1.54, 1.807) is 31.5 Å². The fourth-order valence-electron chi connectivity index (χ4n) is 5.11. The highest BCUT2D eigenvalue weighted by Crippen LogP contribution is 2.29. The standard InChI is InChI=1S/C25H30ClN5O4S/c1-17-13-19(15-28-24(17)35-2)29-7-5-18(6-8-29)25(32)30-9-11-31(12-10-30)36(33,34)20-3-4-21-22(26)16-27-23(21)14-20/h3-4,13-16,18,27H,5-12H2,1-2H3. The quantitative estimate of drug-likeness (QED) is 0.542. The lowest BCUT2D eigenvalue weighted by Gasteiger charge is -2.38. The van der Waals surface area contributed by atoms with Crippen molar-refractivity contribution in [2.45, 2.75) is 24.7 Å². The number of fused-ring (bicyclic) bond motifs is 1. The number of carbonyl (C=O) groups is 1. The normalized spacial score (nSPS) is 18.1. The molecule has 4 heterocycles. The van der Waals surface area contributed by atoms with Gasteiger partial charge >= 0.3 is 0 Å². The lowest BCUT2D eigenvalue weighted by atomic mass is 9.94. The van der Waals surface area contributed by atoms with Gasteiger partial charge in [-0.15, -0.1) is 0 Å². The van der Waals surface area contributed by atoms with E-state index in [4.69, 9.17) is 16.3 Å². The van der Waals surface area contributed by atoms with E-state index in [9.17, 15) is 13.2 Å². The Morgan fingerprint density at radius 1 is 1.11 bits per heavy atom. The zero-order valence-electron chi connectivity index (χ0n) is 20.4. The number of sulfonamides is 1. The van der Waals surface area contributed by atoms with Gasteiger partial charge in [0, 0.05) is 67.8 Å². The Bertz CT molecular complexity index is 1380. The van der Waals surface area contributed by atoms with Crippen molar-refractivity contribution in [3.63, 3.8) is 0 Å². The van der Waals surface area contributed by atoms with Crippen LogP contribution in [-0.4, -0.2) is 79.9 Å². The number of benzene rings is 1. The number of pyridine rings is 1. The second-order valence-electron chi connectivity index (χ2n) is 9.35. The number of hydrogen-bond donors (Lipinski definition) is 1. The highest BCUT2D eigenvalue weighted by molar-refractivity contribution is 7.89. The van der Waals surface area contributed by atoms with Crippen LogP contribution in [0.5, 0.6) is 5.88 Å². The zero-order valence-corrected chi connectivity index (χ0v) is 22.0. The van der Waals surface area contributed by atoms with Crippen LogP contribution >= 0.6 is 11.6 Å². The van der Waals surface area contributed by atoms with Crippen LogP contribution in [0.2, 0.25) is 5.02 Å². The average Bonchev–Trinajstić information content (AvgIpc) is 3.28. The van der Waals surface area contributed by atoms with Gasteiger partial charge in [-0.3, -0.25) is 4.79 Å². The van der Waals surface area contributed by atoms with Gasteiger partial charge in [0.1, 0.15) is 0 Å². The Balaban J connectivity index is 1.17. The van der Waals surface area contributed by atoms with E-state index in [0.717, 1.165) is 42.6 Å². The minimum Gasteiger partial charge on any atom is -0.481 e. The second-order valence-corrected chi connectivity index (χ2v) is 11.7. The van der Waals surface area contributed by atoms with Gasteiger partial charge in [-0.05, 0) is 44.0 Å². The summed E-state index contributed by atoms with van der Waals surface area (Å²) in [7, 11) is -2.04. The molecule has 0 atom stereocenters. The van der Waals surface area contributed by atoms with Crippen molar-refractivity contribution in [2.24, 2.45) is 5.92 Å². The van der Waals surface area contributed by atoms with Gasteiger partial charge in [0.25, 0.3) is 0 Å². The van der Waals surface area contributed by atoms with Crippen LogP contribution in [0.4, 0.5) is 5.69 Å². The summed E-state index contributed by atoms with van der Waals surface area (Å²) in [5.41, 5.74) is 2.71. The van der Waals surface area contributed by atoms with Crippen molar-refractivity contribution >= 4 is 44.1 Å². The number of methoxy groups -OCH3 is 1. The van der Waals surface area contributed by atoms with Crippen LogP contribution in [0, 0.1) is 12.8 Å². The molecule has 2 aromatic heterocycles. The number of halogens is 1. The largest absolute Gasteiger partial charge is 0.481 e. The summed E-state index contributed by atoms with van der Waals surface area (Å²) in [4.78, 5) is 24.9. The Morgan fingerprint density at radius 2 is 1.83 bits per heavy atom. The molecule has 1 N–H and O–H groups in total. The predicted molar refractivity (Wildman–Crippen MR) is 139 cm³/mol. The van der Waals surface area contributed by atoms with Gasteiger partial charge in [-0.2, -0.15) is 4.31 Å². The molecule has 192 valence electrons. The van der Waals surface area contributed by atoms with E-state index in [1.165, 1.54) is 4.31 Å². The van der Waals surface area contributed by atoms with Crippen molar-refractivity contribution in [1.29, 1.82) is 0 Å². The van der Waals surface area contributed by atoms with Gasteiger partial charge in [-0.25, -0.2) is 13.4 Å². The zero-order chi connectivity index (χ0) is 25.4. The van der Waals surface area contributed by atoms with Gasteiger partial charge in [-0.1, -0.05) is 11.6 Å². The number of aromatic nitrogens is 2. The average molecular weight is 532 g/mol. The number of aromatic amines is 1. The molecule has 2 saturated heterocycles. The first kappa shape index (κ1) is 24.9. The molecule has 1 aromatic carbocycles. The molecule has 3 aromatic rings. The maximum Gasteiger partial charge on any atom is 0.243 e. The molecule has 2 aliphatic heterocycles. The van der Waals surface area contributed by atoms with E-state index >= 15 is 0 Å². The number of piperidine rings is 1. The first-order valence-corrected chi connectivity index (χ1v) is 13.9. The molecule has 36 heavy (non-hydrogen) atoms. The monoisotopic (exact) mass is 531 g/mol. The van der Waals surface area contributed by atoms with E-state index in [0.29, 0.717) is 29.5 Å². The van der Waals surface area contributed by atoms with Crippen molar-refractivity contribution in [1.82, 2.24) is 19.2 Å². The fraction of sp³-hybridized carbons (Fsp3) is 0.440. The van der Waals surface area contributed by atoms with Crippen LogP contribution in [0.3, 0.4) is 0 Å².